The lowest BCUT2D eigenvalue weighted by atomic mass is 10.0. The Morgan fingerprint density at radius 1 is 1.03 bits per heavy atom. The Labute approximate surface area is 176 Å². The molecular formula is C23H24N6O. The molecule has 4 rings (SSSR count). The number of nitrogens with zero attached hydrogens (tertiary/aromatic N) is 5. The lowest BCUT2D eigenvalue weighted by Gasteiger charge is -2.34. The second-order valence-corrected chi connectivity index (χ2v) is 7.48. The molecule has 7 nitrogen and oxygen atoms in total. The molecule has 0 spiro atoms. The Balaban J connectivity index is 1.66. The van der Waals surface area contributed by atoms with Crippen LogP contribution in [0, 0.1) is 11.3 Å². The van der Waals surface area contributed by atoms with Crippen molar-refractivity contribution >= 4 is 22.8 Å². The minimum atomic E-state index is -1.03. The van der Waals surface area contributed by atoms with Gasteiger partial charge in [-0.2, -0.15) is 5.26 Å². The van der Waals surface area contributed by atoms with Crippen LogP contribution in [-0.2, 0) is 11.3 Å². The maximum Gasteiger partial charge on any atom is 0.243 e. The molecule has 1 unspecified atom stereocenters. The zero-order valence-corrected chi connectivity index (χ0v) is 17.0. The van der Waals surface area contributed by atoms with Crippen molar-refractivity contribution in [3.63, 3.8) is 0 Å². The molecule has 1 aromatic heterocycles. The number of carbonyl (C=O) groups excluding carboxylic acids is 1. The van der Waals surface area contributed by atoms with Gasteiger partial charge in [-0.15, -0.1) is 0 Å². The zero-order valence-electron chi connectivity index (χ0n) is 17.0. The van der Waals surface area contributed by atoms with Gasteiger partial charge in [-0.1, -0.05) is 42.5 Å². The summed E-state index contributed by atoms with van der Waals surface area (Å²) >= 11 is 0. The van der Waals surface area contributed by atoms with Crippen LogP contribution in [0.4, 0.5) is 5.82 Å². The minimum Gasteiger partial charge on any atom is -0.352 e. The molecule has 1 N–H and O–H groups in total. The minimum absolute atomic E-state index is 0.360. The van der Waals surface area contributed by atoms with Crippen LogP contribution >= 0.6 is 0 Å². The first-order valence-corrected chi connectivity index (χ1v) is 10.1. The van der Waals surface area contributed by atoms with E-state index in [4.69, 9.17) is 9.97 Å². The van der Waals surface area contributed by atoms with Gasteiger partial charge in [0.2, 0.25) is 5.91 Å². The molecule has 0 radical (unpaired) electrons. The Hall–Kier alpha value is -3.50. The predicted molar refractivity (Wildman–Crippen MR) is 116 cm³/mol. The van der Waals surface area contributed by atoms with Crippen molar-refractivity contribution in [3.8, 4) is 6.07 Å². The SMILES string of the molecule is CN1CCN(c2nc3ccccc3nc2C(C#N)C(=O)NCc2ccccc2)CC1. The fourth-order valence-corrected chi connectivity index (χ4v) is 3.58. The Kier molecular flexibility index (Phi) is 5.87. The van der Waals surface area contributed by atoms with Gasteiger partial charge in [0.05, 0.1) is 17.1 Å². The summed E-state index contributed by atoms with van der Waals surface area (Å²) in [6, 6.07) is 19.4. The molecule has 1 atom stereocenters. The number of fused-ring (bicyclic) bond motifs is 1. The van der Waals surface area contributed by atoms with Gasteiger partial charge in [0.15, 0.2) is 11.7 Å². The van der Waals surface area contributed by atoms with Crippen LogP contribution in [0.15, 0.2) is 54.6 Å². The molecule has 1 aliphatic rings. The summed E-state index contributed by atoms with van der Waals surface area (Å²) in [7, 11) is 2.08. The number of hydrogen-bond acceptors (Lipinski definition) is 6. The number of likely N-dealkylation sites (N-methyl/N-ethyl adjacent to an activating group) is 1. The van der Waals surface area contributed by atoms with Crippen LogP contribution in [0.2, 0.25) is 0 Å². The van der Waals surface area contributed by atoms with Crippen LogP contribution in [0.1, 0.15) is 17.2 Å². The average molecular weight is 400 g/mol. The number of benzene rings is 2. The second kappa shape index (κ2) is 8.89. The smallest absolute Gasteiger partial charge is 0.243 e. The first-order chi connectivity index (χ1) is 14.7. The first-order valence-electron chi connectivity index (χ1n) is 10.1. The third kappa shape index (κ3) is 4.24. The van der Waals surface area contributed by atoms with Gasteiger partial charge in [0, 0.05) is 32.7 Å². The van der Waals surface area contributed by atoms with Crippen molar-refractivity contribution in [2.45, 2.75) is 12.5 Å². The fraction of sp³-hybridized carbons (Fsp3) is 0.304. The van der Waals surface area contributed by atoms with Gasteiger partial charge in [-0.05, 0) is 24.7 Å². The number of hydrogen-bond donors (Lipinski definition) is 1. The van der Waals surface area contributed by atoms with Gasteiger partial charge < -0.3 is 15.1 Å². The molecule has 0 aliphatic carbocycles. The summed E-state index contributed by atoms with van der Waals surface area (Å²) in [4.78, 5) is 26.8. The van der Waals surface area contributed by atoms with E-state index in [2.05, 4.69) is 28.2 Å². The highest BCUT2D eigenvalue weighted by Crippen LogP contribution is 2.28. The third-order valence-electron chi connectivity index (χ3n) is 5.36. The van der Waals surface area contributed by atoms with Crippen LogP contribution < -0.4 is 10.2 Å². The molecule has 30 heavy (non-hydrogen) atoms. The summed E-state index contributed by atoms with van der Waals surface area (Å²) in [6.07, 6.45) is 0. The van der Waals surface area contributed by atoms with Crippen LogP contribution in [0.25, 0.3) is 11.0 Å². The number of piperazine rings is 1. The maximum absolute atomic E-state index is 12.9. The largest absolute Gasteiger partial charge is 0.352 e. The standard InChI is InChI=1S/C23H24N6O/c1-28-11-13-29(14-12-28)22-21(26-19-9-5-6-10-20(19)27-22)18(15-24)23(30)25-16-17-7-3-2-4-8-17/h2-10,18H,11-14,16H2,1H3,(H,25,30). The number of nitriles is 1. The summed E-state index contributed by atoms with van der Waals surface area (Å²) in [6.45, 7) is 3.71. The molecule has 1 saturated heterocycles. The lowest BCUT2D eigenvalue weighted by Crippen LogP contribution is -2.45. The van der Waals surface area contributed by atoms with Crippen LogP contribution in [-0.4, -0.2) is 54.0 Å². The first kappa shape index (κ1) is 19.8. The third-order valence-corrected chi connectivity index (χ3v) is 5.36. The molecule has 1 amide bonds. The van der Waals surface area contributed by atoms with Crippen molar-refractivity contribution in [1.29, 1.82) is 5.26 Å². The van der Waals surface area contributed by atoms with E-state index in [1.807, 2.05) is 54.6 Å². The van der Waals surface area contributed by atoms with E-state index in [0.717, 1.165) is 37.3 Å². The molecular weight excluding hydrogens is 376 g/mol. The number of rotatable bonds is 5. The Bertz CT molecular complexity index is 1070. The van der Waals surface area contributed by atoms with Gasteiger partial charge in [-0.3, -0.25) is 4.79 Å². The highest BCUT2D eigenvalue weighted by molar-refractivity contribution is 5.88. The number of nitrogens with one attached hydrogen (secondary N) is 1. The van der Waals surface area contributed by atoms with Crippen molar-refractivity contribution < 1.29 is 4.79 Å². The number of carbonyl (C=O) groups is 1. The predicted octanol–water partition coefficient (Wildman–Crippen LogP) is 2.31. The van der Waals surface area contributed by atoms with E-state index in [0.29, 0.717) is 23.6 Å². The van der Waals surface area contributed by atoms with Gasteiger partial charge in [0.1, 0.15) is 5.69 Å². The quantitative estimate of drug-likeness (QED) is 0.707. The Morgan fingerprint density at radius 2 is 1.67 bits per heavy atom. The van der Waals surface area contributed by atoms with Crippen molar-refractivity contribution in [2.24, 2.45) is 0 Å². The van der Waals surface area contributed by atoms with E-state index in [1.165, 1.54) is 0 Å². The van der Waals surface area contributed by atoms with Crippen molar-refractivity contribution in [1.82, 2.24) is 20.2 Å². The summed E-state index contributed by atoms with van der Waals surface area (Å²) in [5.74, 6) is -0.759. The van der Waals surface area contributed by atoms with Gasteiger partial charge >= 0.3 is 0 Å². The second-order valence-electron chi connectivity index (χ2n) is 7.48. The normalized spacial score (nSPS) is 15.5. The number of aromatic nitrogens is 2. The Morgan fingerprint density at radius 3 is 2.33 bits per heavy atom. The summed E-state index contributed by atoms with van der Waals surface area (Å²) in [5.41, 5.74) is 2.84. The van der Waals surface area contributed by atoms with E-state index in [9.17, 15) is 10.1 Å². The highest BCUT2D eigenvalue weighted by Gasteiger charge is 2.29. The van der Waals surface area contributed by atoms with E-state index in [-0.39, 0.29) is 5.91 Å². The molecule has 2 heterocycles. The molecule has 7 heteroatoms. The highest BCUT2D eigenvalue weighted by atomic mass is 16.1. The van der Waals surface area contributed by atoms with E-state index >= 15 is 0 Å². The van der Waals surface area contributed by atoms with Gasteiger partial charge in [0.25, 0.3) is 0 Å². The molecule has 0 saturated carbocycles. The monoisotopic (exact) mass is 400 g/mol. The molecule has 1 fully saturated rings. The average Bonchev–Trinajstić information content (AvgIpc) is 2.79. The van der Waals surface area contributed by atoms with Crippen molar-refractivity contribution in [3.05, 3.63) is 65.9 Å². The topological polar surface area (TPSA) is 85.2 Å². The number of para-hydroxylation sites is 2. The molecule has 152 valence electrons. The van der Waals surface area contributed by atoms with Gasteiger partial charge in [-0.25, -0.2) is 9.97 Å². The summed E-state index contributed by atoms with van der Waals surface area (Å²) in [5, 5.41) is 12.8. The summed E-state index contributed by atoms with van der Waals surface area (Å²) < 4.78 is 0. The molecule has 2 aromatic carbocycles. The molecule has 0 bridgehead atoms. The zero-order chi connectivity index (χ0) is 20.9. The van der Waals surface area contributed by atoms with Crippen molar-refractivity contribution in [2.75, 3.05) is 38.1 Å². The number of anilines is 1. The van der Waals surface area contributed by atoms with Crippen LogP contribution in [0.5, 0.6) is 0 Å². The fourth-order valence-electron chi connectivity index (χ4n) is 3.58. The van der Waals surface area contributed by atoms with E-state index in [1.54, 1.807) is 0 Å². The number of amides is 1. The van der Waals surface area contributed by atoms with Crippen LogP contribution in [0.3, 0.4) is 0 Å². The maximum atomic E-state index is 12.9. The molecule has 3 aromatic rings. The van der Waals surface area contributed by atoms with E-state index < -0.39 is 5.92 Å². The lowest BCUT2D eigenvalue weighted by molar-refractivity contribution is -0.121. The molecule has 1 aliphatic heterocycles.